The highest BCUT2D eigenvalue weighted by Gasteiger charge is 2.33. The lowest BCUT2D eigenvalue weighted by Gasteiger charge is -2.32. The Kier molecular flexibility index (Phi) is 4.87. The number of hydrogen-bond acceptors (Lipinski definition) is 2. The fourth-order valence-electron chi connectivity index (χ4n) is 3.00. The van der Waals surface area contributed by atoms with Crippen LogP contribution >= 0.6 is 0 Å². The van der Waals surface area contributed by atoms with Crippen LogP contribution in [0.2, 0.25) is 0 Å². The molecule has 0 spiro atoms. The van der Waals surface area contributed by atoms with Crippen molar-refractivity contribution in [2.75, 3.05) is 13.1 Å². The topological polar surface area (TPSA) is 15.3 Å². The zero-order valence-corrected chi connectivity index (χ0v) is 11.9. The highest BCUT2D eigenvalue weighted by atomic mass is 15.2. The van der Waals surface area contributed by atoms with Crippen molar-refractivity contribution in [2.45, 2.75) is 77.4 Å². The minimum atomic E-state index is 0.775. The van der Waals surface area contributed by atoms with Crippen molar-refractivity contribution in [3.63, 3.8) is 0 Å². The minimum Gasteiger partial charge on any atom is -0.313 e. The molecule has 0 aromatic heterocycles. The molecule has 0 amide bonds. The van der Waals surface area contributed by atoms with Gasteiger partial charge in [-0.25, -0.2) is 0 Å². The standard InChI is InChI=1S/C15H30N2/c1-12(2)6-7-13(3)17(15-8-9-15)11-14-5-4-10-16-14/h12-16H,4-11H2,1-3H3. The zero-order chi connectivity index (χ0) is 12.3. The van der Waals surface area contributed by atoms with Crippen molar-refractivity contribution >= 4 is 0 Å². The Labute approximate surface area is 107 Å². The average Bonchev–Trinajstić information content (AvgIpc) is 3.00. The van der Waals surface area contributed by atoms with Gasteiger partial charge in [-0.3, -0.25) is 4.90 Å². The molecule has 2 nitrogen and oxygen atoms in total. The lowest BCUT2D eigenvalue weighted by molar-refractivity contribution is 0.167. The highest BCUT2D eigenvalue weighted by molar-refractivity contribution is 4.91. The Morgan fingerprint density at radius 2 is 1.88 bits per heavy atom. The fourth-order valence-corrected chi connectivity index (χ4v) is 3.00. The summed E-state index contributed by atoms with van der Waals surface area (Å²) >= 11 is 0. The molecule has 1 saturated heterocycles. The number of hydrogen-bond donors (Lipinski definition) is 1. The van der Waals surface area contributed by atoms with Gasteiger partial charge in [0.2, 0.25) is 0 Å². The van der Waals surface area contributed by atoms with E-state index < -0.39 is 0 Å². The Bertz CT molecular complexity index is 217. The molecule has 0 bridgehead atoms. The normalized spacial score (nSPS) is 27.0. The average molecular weight is 238 g/mol. The molecule has 0 radical (unpaired) electrons. The van der Waals surface area contributed by atoms with Crippen LogP contribution < -0.4 is 5.32 Å². The largest absolute Gasteiger partial charge is 0.313 e. The summed E-state index contributed by atoms with van der Waals surface area (Å²) in [5, 5.41) is 3.65. The van der Waals surface area contributed by atoms with Crippen LogP contribution in [0.3, 0.4) is 0 Å². The monoisotopic (exact) mass is 238 g/mol. The molecule has 100 valence electrons. The van der Waals surface area contributed by atoms with Crippen LogP contribution in [0.15, 0.2) is 0 Å². The molecule has 1 heterocycles. The molecule has 1 N–H and O–H groups in total. The van der Waals surface area contributed by atoms with Crippen LogP contribution in [-0.4, -0.2) is 36.1 Å². The lowest BCUT2D eigenvalue weighted by atomic mass is 10.0. The molecule has 2 atom stereocenters. The maximum Gasteiger partial charge on any atom is 0.0195 e. The van der Waals surface area contributed by atoms with Gasteiger partial charge in [0.15, 0.2) is 0 Å². The molecule has 1 saturated carbocycles. The fraction of sp³-hybridized carbons (Fsp3) is 1.00. The van der Waals surface area contributed by atoms with Crippen molar-refractivity contribution in [2.24, 2.45) is 5.92 Å². The van der Waals surface area contributed by atoms with E-state index in [-0.39, 0.29) is 0 Å². The summed E-state index contributed by atoms with van der Waals surface area (Å²) in [5.74, 6) is 0.850. The first-order valence-electron chi connectivity index (χ1n) is 7.66. The minimum absolute atomic E-state index is 0.775. The second-order valence-corrected chi connectivity index (χ2v) is 6.54. The van der Waals surface area contributed by atoms with E-state index in [1.807, 2.05) is 0 Å². The van der Waals surface area contributed by atoms with E-state index in [9.17, 15) is 0 Å². The Morgan fingerprint density at radius 3 is 2.41 bits per heavy atom. The molecule has 2 rings (SSSR count). The Morgan fingerprint density at radius 1 is 1.12 bits per heavy atom. The molecule has 2 aliphatic rings. The first-order chi connectivity index (χ1) is 8.16. The first-order valence-corrected chi connectivity index (χ1v) is 7.66. The molecule has 0 aromatic carbocycles. The maximum atomic E-state index is 3.65. The summed E-state index contributed by atoms with van der Waals surface area (Å²) in [5.41, 5.74) is 0. The first kappa shape index (κ1) is 13.4. The van der Waals surface area contributed by atoms with Crippen molar-refractivity contribution in [3.05, 3.63) is 0 Å². The number of nitrogens with zero attached hydrogens (tertiary/aromatic N) is 1. The summed E-state index contributed by atoms with van der Waals surface area (Å²) < 4.78 is 0. The molecule has 2 unspecified atom stereocenters. The molecule has 0 aromatic rings. The van der Waals surface area contributed by atoms with Crippen molar-refractivity contribution in [1.82, 2.24) is 10.2 Å². The van der Waals surface area contributed by atoms with Crippen LogP contribution in [0.1, 0.15) is 59.3 Å². The summed E-state index contributed by atoms with van der Waals surface area (Å²) in [4.78, 5) is 2.80. The van der Waals surface area contributed by atoms with Gasteiger partial charge in [0.05, 0.1) is 0 Å². The number of rotatable bonds is 7. The predicted octanol–water partition coefficient (Wildman–Crippen LogP) is 3.03. The van der Waals surface area contributed by atoms with Gasteiger partial charge in [0, 0.05) is 24.7 Å². The molecular formula is C15H30N2. The van der Waals surface area contributed by atoms with Crippen molar-refractivity contribution in [1.29, 1.82) is 0 Å². The van der Waals surface area contributed by atoms with Gasteiger partial charge in [0.1, 0.15) is 0 Å². The van der Waals surface area contributed by atoms with E-state index in [4.69, 9.17) is 0 Å². The van der Waals surface area contributed by atoms with Gasteiger partial charge in [-0.15, -0.1) is 0 Å². The quantitative estimate of drug-likeness (QED) is 0.733. The second kappa shape index (κ2) is 6.19. The van der Waals surface area contributed by atoms with Crippen molar-refractivity contribution < 1.29 is 0 Å². The third-order valence-electron chi connectivity index (χ3n) is 4.34. The van der Waals surface area contributed by atoms with Crippen LogP contribution in [0.25, 0.3) is 0 Å². The molecule has 1 aliphatic heterocycles. The summed E-state index contributed by atoms with van der Waals surface area (Å²) in [6.07, 6.45) is 8.41. The zero-order valence-electron chi connectivity index (χ0n) is 11.9. The van der Waals surface area contributed by atoms with Crippen LogP contribution in [0, 0.1) is 5.92 Å². The van der Waals surface area contributed by atoms with Gasteiger partial charge in [0.25, 0.3) is 0 Å². The smallest absolute Gasteiger partial charge is 0.0195 e. The van der Waals surface area contributed by atoms with Crippen molar-refractivity contribution in [3.8, 4) is 0 Å². The van der Waals surface area contributed by atoms with E-state index in [1.165, 1.54) is 51.6 Å². The molecular weight excluding hydrogens is 208 g/mol. The highest BCUT2D eigenvalue weighted by Crippen LogP contribution is 2.30. The summed E-state index contributed by atoms with van der Waals surface area (Å²) in [7, 11) is 0. The van der Waals surface area contributed by atoms with E-state index in [1.54, 1.807) is 0 Å². The summed E-state index contributed by atoms with van der Waals surface area (Å²) in [6.45, 7) is 9.66. The Balaban J connectivity index is 1.78. The van der Waals surface area contributed by atoms with Gasteiger partial charge in [-0.05, 0) is 57.9 Å². The van der Waals surface area contributed by atoms with E-state index in [2.05, 4.69) is 31.0 Å². The predicted molar refractivity (Wildman–Crippen MR) is 74.3 cm³/mol. The van der Waals surface area contributed by atoms with Gasteiger partial charge in [-0.1, -0.05) is 13.8 Å². The molecule has 2 fully saturated rings. The third kappa shape index (κ3) is 4.26. The van der Waals surface area contributed by atoms with Crippen LogP contribution in [0.4, 0.5) is 0 Å². The Hall–Kier alpha value is -0.0800. The van der Waals surface area contributed by atoms with Crippen LogP contribution in [0.5, 0.6) is 0 Å². The second-order valence-electron chi connectivity index (χ2n) is 6.54. The van der Waals surface area contributed by atoms with E-state index >= 15 is 0 Å². The third-order valence-corrected chi connectivity index (χ3v) is 4.34. The number of nitrogens with one attached hydrogen (secondary N) is 1. The van der Waals surface area contributed by atoms with Gasteiger partial charge < -0.3 is 5.32 Å². The van der Waals surface area contributed by atoms with Crippen LogP contribution in [-0.2, 0) is 0 Å². The summed E-state index contributed by atoms with van der Waals surface area (Å²) in [6, 6.07) is 2.48. The lowest BCUT2D eigenvalue weighted by Crippen LogP contribution is -2.43. The molecule has 17 heavy (non-hydrogen) atoms. The van der Waals surface area contributed by atoms with E-state index in [0.717, 1.165) is 24.0 Å². The maximum absolute atomic E-state index is 3.65. The van der Waals surface area contributed by atoms with Gasteiger partial charge in [-0.2, -0.15) is 0 Å². The molecule has 1 aliphatic carbocycles. The molecule has 2 heteroatoms. The SMILES string of the molecule is CC(C)CCC(C)N(CC1CCCN1)C1CC1. The van der Waals surface area contributed by atoms with E-state index in [0.29, 0.717) is 0 Å². The van der Waals surface area contributed by atoms with Gasteiger partial charge >= 0.3 is 0 Å².